The molecule has 0 saturated carbocycles. The highest BCUT2D eigenvalue weighted by atomic mass is 15.3. The number of likely N-dealkylation sites (N-methyl/N-ethyl adjacent to an activating group) is 1. The number of pyridine rings is 1. The van der Waals surface area contributed by atoms with Crippen molar-refractivity contribution in [1.29, 1.82) is 10.5 Å². The Balaban J connectivity index is 1.91. The molecule has 0 aliphatic carbocycles. The lowest BCUT2D eigenvalue weighted by Crippen LogP contribution is -2.32. The van der Waals surface area contributed by atoms with Crippen molar-refractivity contribution >= 4 is 22.5 Å². The molecule has 1 aliphatic rings. The van der Waals surface area contributed by atoms with Crippen molar-refractivity contribution in [1.82, 2.24) is 14.3 Å². The zero-order valence-electron chi connectivity index (χ0n) is 18.5. The molecule has 6 nitrogen and oxygen atoms in total. The number of anilines is 1. The van der Waals surface area contributed by atoms with E-state index < -0.39 is 0 Å². The first-order valence-electron chi connectivity index (χ1n) is 10.8. The van der Waals surface area contributed by atoms with Gasteiger partial charge in [0.1, 0.15) is 11.9 Å². The molecule has 158 valence electrons. The van der Waals surface area contributed by atoms with Gasteiger partial charge in [-0.25, -0.2) is 4.98 Å². The van der Waals surface area contributed by atoms with Crippen LogP contribution in [0.25, 0.3) is 27.8 Å². The standard InChI is InChI=1S/C26H24N6/c1-17-21(15-28)25-29-22-9-4-5-10-23(22)32(25)26(31-12-11-20(16-31)30(2)3)24(17)19-8-6-7-18(13-19)14-27/h4-10,13,20H,11-12,16H2,1-3H3/t20-/m0/s1. The molecule has 0 radical (unpaired) electrons. The summed E-state index contributed by atoms with van der Waals surface area (Å²) in [6, 6.07) is 20.8. The van der Waals surface area contributed by atoms with Crippen LogP contribution in [0.5, 0.6) is 0 Å². The highest BCUT2D eigenvalue weighted by molar-refractivity contribution is 5.92. The Morgan fingerprint density at radius 2 is 1.88 bits per heavy atom. The topological polar surface area (TPSA) is 71.4 Å². The Kier molecular flexibility index (Phi) is 4.81. The van der Waals surface area contributed by atoms with Crippen molar-refractivity contribution in [2.75, 3.05) is 32.1 Å². The molecule has 32 heavy (non-hydrogen) atoms. The minimum Gasteiger partial charge on any atom is -0.356 e. The molecule has 0 N–H and O–H groups in total. The molecule has 0 unspecified atom stereocenters. The number of para-hydroxylation sites is 2. The molecule has 2 aromatic carbocycles. The number of fused-ring (bicyclic) bond motifs is 3. The van der Waals surface area contributed by atoms with Gasteiger partial charge in [0.25, 0.3) is 0 Å². The van der Waals surface area contributed by atoms with Gasteiger partial charge in [-0.15, -0.1) is 0 Å². The van der Waals surface area contributed by atoms with E-state index in [0.29, 0.717) is 22.8 Å². The Morgan fingerprint density at radius 3 is 2.59 bits per heavy atom. The largest absolute Gasteiger partial charge is 0.356 e. The zero-order chi connectivity index (χ0) is 22.4. The molecule has 1 atom stereocenters. The van der Waals surface area contributed by atoms with Crippen LogP contribution in [0.15, 0.2) is 48.5 Å². The first-order valence-corrected chi connectivity index (χ1v) is 10.8. The molecule has 6 heteroatoms. The fourth-order valence-corrected chi connectivity index (χ4v) is 4.86. The summed E-state index contributed by atoms with van der Waals surface area (Å²) in [4.78, 5) is 9.54. The molecular formula is C26H24N6. The van der Waals surface area contributed by atoms with Gasteiger partial charge in [0, 0.05) is 24.7 Å². The van der Waals surface area contributed by atoms with E-state index in [1.54, 1.807) is 0 Å². The van der Waals surface area contributed by atoms with Crippen LogP contribution in [-0.2, 0) is 0 Å². The summed E-state index contributed by atoms with van der Waals surface area (Å²) in [6.45, 7) is 3.81. The lowest BCUT2D eigenvalue weighted by atomic mass is 9.96. The molecule has 0 amide bonds. The maximum atomic E-state index is 10.1. The maximum absolute atomic E-state index is 10.1. The van der Waals surface area contributed by atoms with Gasteiger partial charge in [-0.05, 0) is 62.8 Å². The van der Waals surface area contributed by atoms with Crippen molar-refractivity contribution in [3.63, 3.8) is 0 Å². The second kappa shape index (κ2) is 7.67. The highest BCUT2D eigenvalue weighted by Crippen LogP contribution is 2.41. The molecule has 3 heterocycles. The van der Waals surface area contributed by atoms with Crippen molar-refractivity contribution in [2.24, 2.45) is 0 Å². The van der Waals surface area contributed by atoms with Crippen LogP contribution in [0.1, 0.15) is 23.1 Å². The quantitative estimate of drug-likeness (QED) is 0.493. The number of imidazole rings is 1. The first kappa shape index (κ1) is 20.1. The number of nitrogens with zero attached hydrogens (tertiary/aromatic N) is 6. The van der Waals surface area contributed by atoms with E-state index in [-0.39, 0.29) is 0 Å². The number of aromatic nitrogens is 2. The van der Waals surface area contributed by atoms with Crippen molar-refractivity contribution in [3.05, 3.63) is 65.2 Å². The second-order valence-electron chi connectivity index (χ2n) is 8.61. The third-order valence-electron chi connectivity index (χ3n) is 6.56. The Morgan fingerprint density at radius 1 is 1.06 bits per heavy atom. The molecule has 1 saturated heterocycles. The lowest BCUT2D eigenvalue weighted by molar-refractivity contribution is 0.315. The minimum absolute atomic E-state index is 0.453. The summed E-state index contributed by atoms with van der Waals surface area (Å²) in [6.07, 6.45) is 1.07. The normalized spacial score (nSPS) is 16.1. The van der Waals surface area contributed by atoms with E-state index in [2.05, 4.69) is 46.5 Å². The number of hydrogen-bond acceptors (Lipinski definition) is 5. The monoisotopic (exact) mass is 420 g/mol. The summed E-state index contributed by atoms with van der Waals surface area (Å²) in [5.74, 6) is 1.05. The molecule has 2 aromatic heterocycles. The third kappa shape index (κ3) is 3.00. The SMILES string of the molecule is Cc1c(-c2cccc(C#N)c2)c(N2CC[C@H](N(C)C)C2)n2c(nc3ccccc32)c1C#N. The second-order valence-corrected chi connectivity index (χ2v) is 8.61. The van der Waals surface area contributed by atoms with Gasteiger partial charge in [-0.2, -0.15) is 10.5 Å². The van der Waals surface area contributed by atoms with Crippen LogP contribution in [0.2, 0.25) is 0 Å². The summed E-state index contributed by atoms with van der Waals surface area (Å²) in [5, 5.41) is 19.6. The predicted molar refractivity (Wildman–Crippen MR) is 127 cm³/mol. The number of benzene rings is 2. The van der Waals surface area contributed by atoms with E-state index >= 15 is 0 Å². The van der Waals surface area contributed by atoms with E-state index in [0.717, 1.165) is 53.1 Å². The average molecular weight is 421 g/mol. The summed E-state index contributed by atoms with van der Waals surface area (Å²) < 4.78 is 2.15. The smallest absolute Gasteiger partial charge is 0.157 e. The van der Waals surface area contributed by atoms with Gasteiger partial charge in [0.05, 0.1) is 28.2 Å². The third-order valence-corrected chi connectivity index (χ3v) is 6.56. The molecule has 1 aliphatic heterocycles. The lowest BCUT2D eigenvalue weighted by Gasteiger charge is -2.27. The molecule has 5 rings (SSSR count). The van der Waals surface area contributed by atoms with Gasteiger partial charge < -0.3 is 9.80 Å². The molecular weight excluding hydrogens is 396 g/mol. The zero-order valence-corrected chi connectivity index (χ0v) is 18.5. The van der Waals surface area contributed by atoms with Gasteiger partial charge in [-0.1, -0.05) is 24.3 Å². The van der Waals surface area contributed by atoms with Crippen molar-refractivity contribution < 1.29 is 0 Å². The van der Waals surface area contributed by atoms with Crippen LogP contribution in [0, 0.1) is 29.6 Å². The average Bonchev–Trinajstić information content (AvgIpc) is 3.44. The fourth-order valence-electron chi connectivity index (χ4n) is 4.86. The van der Waals surface area contributed by atoms with Crippen LogP contribution < -0.4 is 4.90 Å². The van der Waals surface area contributed by atoms with Crippen molar-refractivity contribution in [3.8, 4) is 23.3 Å². The highest BCUT2D eigenvalue weighted by Gasteiger charge is 2.31. The number of nitriles is 2. The summed E-state index contributed by atoms with van der Waals surface area (Å²) >= 11 is 0. The van der Waals surface area contributed by atoms with E-state index in [1.807, 2.05) is 49.4 Å². The minimum atomic E-state index is 0.453. The van der Waals surface area contributed by atoms with Crippen LogP contribution in [-0.4, -0.2) is 47.5 Å². The molecule has 4 aromatic rings. The summed E-state index contributed by atoms with van der Waals surface area (Å²) in [5.41, 5.74) is 6.56. The first-order chi connectivity index (χ1) is 15.5. The molecule has 0 spiro atoms. The molecule has 1 fully saturated rings. The molecule has 0 bridgehead atoms. The van der Waals surface area contributed by atoms with Gasteiger partial charge in [0.15, 0.2) is 5.65 Å². The van der Waals surface area contributed by atoms with Gasteiger partial charge in [-0.3, -0.25) is 4.40 Å². The van der Waals surface area contributed by atoms with E-state index in [4.69, 9.17) is 4.98 Å². The maximum Gasteiger partial charge on any atom is 0.157 e. The number of rotatable bonds is 3. The Labute approximate surface area is 187 Å². The summed E-state index contributed by atoms with van der Waals surface area (Å²) in [7, 11) is 4.25. The van der Waals surface area contributed by atoms with E-state index in [1.165, 1.54) is 0 Å². The van der Waals surface area contributed by atoms with Crippen LogP contribution in [0.3, 0.4) is 0 Å². The predicted octanol–water partition coefficient (Wildman–Crippen LogP) is 4.35. The van der Waals surface area contributed by atoms with Gasteiger partial charge in [0.2, 0.25) is 0 Å². The van der Waals surface area contributed by atoms with Crippen LogP contribution in [0.4, 0.5) is 5.82 Å². The van der Waals surface area contributed by atoms with Crippen molar-refractivity contribution in [2.45, 2.75) is 19.4 Å². The van der Waals surface area contributed by atoms with Gasteiger partial charge >= 0.3 is 0 Å². The Hall–Kier alpha value is -3.87. The van der Waals surface area contributed by atoms with E-state index in [9.17, 15) is 10.5 Å². The fraction of sp³-hybridized carbons (Fsp3) is 0.269. The van der Waals surface area contributed by atoms with Crippen LogP contribution >= 0.6 is 0 Å². The number of hydrogen-bond donors (Lipinski definition) is 0. The Bertz CT molecular complexity index is 1430.